The largest absolute Gasteiger partial charge is 0.294 e. The summed E-state index contributed by atoms with van der Waals surface area (Å²) in [4.78, 5) is 20.0. The fraction of sp³-hybridized carbons (Fsp3) is 0. The van der Waals surface area contributed by atoms with Gasteiger partial charge in [0.05, 0.1) is 16.6 Å². The number of nitrogens with zero attached hydrogens (tertiary/aromatic N) is 6. The Labute approximate surface area is 287 Å². The minimum Gasteiger partial charge on any atom is -0.294 e. The highest BCUT2D eigenvalue weighted by Gasteiger charge is 2.20. The Balaban J connectivity index is 1.22. The van der Waals surface area contributed by atoms with E-state index >= 15 is 0 Å². The van der Waals surface area contributed by atoms with Crippen LogP contribution in [0, 0.1) is 0 Å². The molecule has 0 unspecified atom stereocenters. The van der Waals surface area contributed by atoms with Crippen molar-refractivity contribution in [2.75, 3.05) is 0 Å². The van der Waals surface area contributed by atoms with Gasteiger partial charge in [0.15, 0.2) is 11.6 Å². The highest BCUT2D eigenvalue weighted by Crippen LogP contribution is 2.40. The van der Waals surface area contributed by atoms with E-state index in [4.69, 9.17) is 19.9 Å². The van der Waals surface area contributed by atoms with Gasteiger partial charge in [-0.2, -0.15) is 9.97 Å². The highest BCUT2D eigenvalue weighted by atomic mass is 15.2. The van der Waals surface area contributed by atoms with Gasteiger partial charge in [0.1, 0.15) is 5.65 Å². The molecule has 0 aliphatic carbocycles. The Morgan fingerprint density at radius 1 is 0.400 bits per heavy atom. The molecule has 0 radical (unpaired) electrons. The molecule has 0 atom stereocenters. The lowest BCUT2D eigenvalue weighted by Gasteiger charge is -2.11. The summed E-state index contributed by atoms with van der Waals surface area (Å²) in [5.74, 6) is 1.84. The maximum Gasteiger partial charge on any atom is 0.238 e. The fourth-order valence-electron chi connectivity index (χ4n) is 7.21. The number of hydrogen-bond donors (Lipinski definition) is 0. The van der Waals surface area contributed by atoms with Crippen LogP contribution in [0.25, 0.3) is 89.3 Å². The molecule has 4 heterocycles. The van der Waals surface area contributed by atoms with Crippen LogP contribution >= 0.6 is 0 Å². The summed E-state index contributed by atoms with van der Waals surface area (Å²) in [7, 11) is 0. The SMILES string of the molecule is c1ccc(-c2nc(-c3ccccc3)nc(-n3c4ccccc4c4cc(-c5ccnc6c5c5ccccc5n6-c5ccccc5)ccc43)n2)cc1. The van der Waals surface area contributed by atoms with Crippen LogP contribution in [0.3, 0.4) is 0 Å². The van der Waals surface area contributed by atoms with E-state index in [9.17, 15) is 0 Å². The van der Waals surface area contributed by atoms with E-state index < -0.39 is 0 Å². The standard InChI is InChI=1S/C44H28N6/c1-4-14-29(15-5-1)41-46-42(30-16-6-2-7-17-30)48-44(47-41)50-37-22-12-10-20-34(37)36-28-31(24-25-39(36)50)33-26-27-45-43-40(33)35-21-11-13-23-38(35)49(43)32-18-8-3-9-19-32/h1-28H. The van der Waals surface area contributed by atoms with Gasteiger partial charge in [-0.15, -0.1) is 0 Å². The van der Waals surface area contributed by atoms with Crippen molar-refractivity contribution in [3.8, 4) is 45.5 Å². The zero-order valence-corrected chi connectivity index (χ0v) is 26.8. The van der Waals surface area contributed by atoms with E-state index in [1.54, 1.807) is 0 Å². The van der Waals surface area contributed by atoms with E-state index in [0.29, 0.717) is 17.6 Å². The third-order valence-corrected chi connectivity index (χ3v) is 9.44. The van der Waals surface area contributed by atoms with Crippen molar-refractivity contribution in [2.45, 2.75) is 0 Å². The Hall–Kier alpha value is -6.92. The molecule has 0 amide bonds. The Morgan fingerprint density at radius 3 is 1.64 bits per heavy atom. The first-order valence-corrected chi connectivity index (χ1v) is 16.7. The first-order valence-electron chi connectivity index (χ1n) is 16.7. The maximum atomic E-state index is 5.09. The Morgan fingerprint density at radius 2 is 0.960 bits per heavy atom. The molecular weight excluding hydrogens is 613 g/mol. The van der Waals surface area contributed by atoms with Gasteiger partial charge in [-0.3, -0.25) is 9.13 Å². The third-order valence-electron chi connectivity index (χ3n) is 9.44. The van der Waals surface area contributed by atoms with Crippen molar-refractivity contribution >= 4 is 43.7 Å². The van der Waals surface area contributed by atoms with Crippen LogP contribution in [-0.2, 0) is 0 Å². The molecule has 10 rings (SSSR count). The van der Waals surface area contributed by atoms with Gasteiger partial charge < -0.3 is 0 Å². The molecule has 4 aromatic heterocycles. The smallest absolute Gasteiger partial charge is 0.238 e. The molecule has 50 heavy (non-hydrogen) atoms. The summed E-state index contributed by atoms with van der Waals surface area (Å²) >= 11 is 0. The van der Waals surface area contributed by atoms with Gasteiger partial charge >= 0.3 is 0 Å². The van der Waals surface area contributed by atoms with Crippen molar-refractivity contribution in [1.29, 1.82) is 0 Å². The molecule has 0 spiro atoms. The first kappa shape index (κ1) is 28.1. The molecule has 234 valence electrons. The molecule has 0 aliphatic rings. The summed E-state index contributed by atoms with van der Waals surface area (Å²) in [6.07, 6.45) is 1.92. The third kappa shape index (κ3) is 4.43. The number of para-hydroxylation sites is 3. The molecule has 6 nitrogen and oxygen atoms in total. The Kier molecular flexibility index (Phi) is 6.39. The van der Waals surface area contributed by atoms with Crippen LogP contribution in [0.2, 0.25) is 0 Å². The normalized spacial score (nSPS) is 11.6. The first-order chi connectivity index (χ1) is 24.8. The van der Waals surface area contributed by atoms with Crippen molar-refractivity contribution in [1.82, 2.24) is 29.1 Å². The highest BCUT2D eigenvalue weighted by molar-refractivity contribution is 6.16. The molecular formula is C44H28N6. The lowest BCUT2D eigenvalue weighted by molar-refractivity contribution is 0.953. The molecule has 0 N–H and O–H groups in total. The molecule has 0 saturated heterocycles. The van der Waals surface area contributed by atoms with E-state index in [1.807, 2.05) is 72.9 Å². The van der Waals surface area contributed by atoms with Gasteiger partial charge in [0.2, 0.25) is 5.95 Å². The molecule has 0 aliphatic heterocycles. The number of fused-ring (bicyclic) bond motifs is 6. The number of hydrogen-bond acceptors (Lipinski definition) is 4. The van der Waals surface area contributed by atoms with Crippen molar-refractivity contribution in [2.24, 2.45) is 0 Å². The van der Waals surface area contributed by atoms with Crippen LogP contribution in [-0.4, -0.2) is 29.1 Å². The van der Waals surface area contributed by atoms with E-state index in [1.165, 1.54) is 5.39 Å². The lowest BCUT2D eigenvalue weighted by atomic mass is 9.99. The summed E-state index contributed by atoms with van der Waals surface area (Å²) in [6, 6.07) is 56.5. The zero-order valence-electron chi connectivity index (χ0n) is 26.8. The summed E-state index contributed by atoms with van der Waals surface area (Å²) < 4.78 is 4.42. The Bertz CT molecular complexity index is 2800. The van der Waals surface area contributed by atoms with Gasteiger partial charge in [-0.05, 0) is 53.6 Å². The molecule has 0 bridgehead atoms. The average molecular weight is 641 g/mol. The second kappa shape index (κ2) is 11.4. The quantitative estimate of drug-likeness (QED) is 0.188. The van der Waals surface area contributed by atoms with Gasteiger partial charge in [0.25, 0.3) is 0 Å². The molecule has 6 aromatic carbocycles. The second-order valence-corrected chi connectivity index (χ2v) is 12.3. The van der Waals surface area contributed by atoms with E-state index in [2.05, 4.69) is 106 Å². The van der Waals surface area contributed by atoms with Crippen LogP contribution in [0.5, 0.6) is 0 Å². The lowest BCUT2D eigenvalue weighted by Crippen LogP contribution is -2.06. The predicted octanol–water partition coefficient (Wildman–Crippen LogP) is 10.5. The second-order valence-electron chi connectivity index (χ2n) is 12.3. The number of rotatable bonds is 5. The minimum atomic E-state index is 0.578. The van der Waals surface area contributed by atoms with Gasteiger partial charge in [0, 0.05) is 44.6 Å². The monoisotopic (exact) mass is 640 g/mol. The predicted molar refractivity (Wildman–Crippen MR) is 203 cm³/mol. The number of pyridine rings is 1. The van der Waals surface area contributed by atoms with Gasteiger partial charge in [-0.1, -0.05) is 121 Å². The zero-order chi connectivity index (χ0) is 33.0. The topological polar surface area (TPSA) is 61.4 Å². The van der Waals surface area contributed by atoms with Crippen molar-refractivity contribution in [3.63, 3.8) is 0 Å². The summed E-state index contributed by atoms with van der Waals surface area (Å²) in [6.45, 7) is 0. The number of benzene rings is 6. The van der Waals surface area contributed by atoms with Crippen LogP contribution < -0.4 is 0 Å². The van der Waals surface area contributed by atoms with Crippen molar-refractivity contribution in [3.05, 3.63) is 170 Å². The van der Waals surface area contributed by atoms with Crippen LogP contribution in [0.4, 0.5) is 0 Å². The molecule has 10 aromatic rings. The van der Waals surface area contributed by atoms with E-state index in [-0.39, 0.29) is 0 Å². The average Bonchev–Trinajstić information content (AvgIpc) is 3.71. The van der Waals surface area contributed by atoms with Crippen LogP contribution in [0.15, 0.2) is 170 Å². The van der Waals surface area contributed by atoms with Crippen LogP contribution in [0.1, 0.15) is 0 Å². The fourth-order valence-corrected chi connectivity index (χ4v) is 7.21. The molecule has 0 saturated carbocycles. The molecule has 0 fully saturated rings. The summed E-state index contributed by atoms with van der Waals surface area (Å²) in [5.41, 5.74) is 9.34. The van der Waals surface area contributed by atoms with Gasteiger partial charge in [-0.25, -0.2) is 9.97 Å². The van der Waals surface area contributed by atoms with E-state index in [0.717, 1.165) is 66.3 Å². The van der Waals surface area contributed by atoms with Crippen molar-refractivity contribution < 1.29 is 0 Å². The maximum absolute atomic E-state index is 5.09. The number of aromatic nitrogens is 6. The minimum absolute atomic E-state index is 0.578. The summed E-state index contributed by atoms with van der Waals surface area (Å²) in [5, 5.41) is 4.55. The molecule has 6 heteroatoms.